The van der Waals surface area contributed by atoms with E-state index < -0.39 is 11.7 Å². The van der Waals surface area contributed by atoms with Crippen molar-refractivity contribution in [2.45, 2.75) is 13.3 Å². The molecule has 0 saturated carbocycles. The number of carboxylic acid groups (broad SMARTS) is 1. The van der Waals surface area contributed by atoms with Gasteiger partial charge in [0.15, 0.2) is 5.78 Å². The summed E-state index contributed by atoms with van der Waals surface area (Å²) < 4.78 is 0. The number of aliphatic carboxylic acids is 1. The van der Waals surface area contributed by atoms with Crippen molar-refractivity contribution in [3.63, 3.8) is 0 Å². The van der Waals surface area contributed by atoms with Crippen LogP contribution in [-0.2, 0) is 9.59 Å². The molecule has 0 spiro atoms. The average molecular weight is 170 g/mol. The first-order chi connectivity index (χ1) is 5.57. The van der Waals surface area contributed by atoms with Gasteiger partial charge in [0, 0.05) is 6.42 Å². The predicted molar refractivity (Wildman–Crippen MR) is 42.8 cm³/mol. The van der Waals surface area contributed by atoms with Crippen LogP contribution in [0.4, 0.5) is 0 Å². The second-order valence-electron chi connectivity index (χ2n) is 2.04. The number of hydrogen-bond acceptors (Lipinski definition) is 3. The highest BCUT2D eigenvalue weighted by Gasteiger charge is 1.99. The number of allylic oxidation sites excluding steroid dienone is 3. The predicted octanol–water partition coefficient (Wildman–Crippen LogP) is 1.05. The fourth-order valence-corrected chi connectivity index (χ4v) is 0.436. The lowest BCUT2D eigenvalue weighted by molar-refractivity contribution is -0.135. The van der Waals surface area contributed by atoms with Gasteiger partial charge in [-0.05, 0) is 12.2 Å². The summed E-state index contributed by atoms with van der Waals surface area (Å²) in [6, 6.07) is 0. The zero-order valence-corrected chi connectivity index (χ0v) is 6.65. The lowest BCUT2D eigenvalue weighted by Gasteiger charge is -1.86. The first kappa shape index (κ1) is 10.4. The lowest BCUT2D eigenvalue weighted by atomic mass is 10.3. The van der Waals surface area contributed by atoms with Gasteiger partial charge in [0.05, 0.1) is 0 Å². The second kappa shape index (κ2) is 5.12. The van der Waals surface area contributed by atoms with E-state index in [0.717, 1.165) is 6.08 Å². The highest BCUT2D eigenvalue weighted by atomic mass is 16.4. The molecule has 66 valence electrons. The van der Waals surface area contributed by atoms with E-state index in [9.17, 15) is 9.59 Å². The van der Waals surface area contributed by atoms with Crippen molar-refractivity contribution in [1.29, 1.82) is 0 Å². The molecule has 4 nitrogen and oxygen atoms in total. The van der Waals surface area contributed by atoms with E-state index >= 15 is 0 Å². The summed E-state index contributed by atoms with van der Waals surface area (Å²) in [5.74, 6) is -2.32. The molecule has 0 rings (SSSR count). The van der Waals surface area contributed by atoms with Crippen LogP contribution in [0.25, 0.3) is 0 Å². The van der Waals surface area contributed by atoms with Gasteiger partial charge in [0.1, 0.15) is 0 Å². The smallest absolute Gasteiger partial charge is 0.370 e. The van der Waals surface area contributed by atoms with Crippen molar-refractivity contribution in [1.82, 2.24) is 0 Å². The minimum absolute atomic E-state index is 0.121. The summed E-state index contributed by atoms with van der Waals surface area (Å²) in [6.07, 6.45) is 3.72. The van der Waals surface area contributed by atoms with Gasteiger partial charge in [-0.3, -0.25) is 4.79 Å². The summed E-state index contributed by atoms with van der Waals surface area (Å²) in [5, 5.41) is 16.8. The van der Waals surface area contributed by atoms with Crippen LogP contribution in [0.1, 0.15) is 13.3 Å². The normalized spacial score (nSPS) is 11.9. The zero-order valence-electron chi connectivity index (χ0n) is 6.65. The van der Waals surface area contributed by atoms with Crippen molar-refractivity contribution in [3.05, 3.63) is 24.0 Å². The first-order valence-electron chi connectivity index (χ1n) is 3.41. The van der Waals surface area contributed by atoms with E-state index in [2.05, 4.69) is 0 Å². The number of hydrogen-bond donors (Lipinski definition) is 2. The van der Waals surface area contributed by atoms with E-state index in [1.54, 1.807) is 6.92 Å². The molecule has 12 heavy (non-hydrogen) atoms. The number of aliphatic hydroxyl groups is 1. The fraction of sp³-hybridized carbons (Fsp3) is 0.250. The standard InChI is InChI=1S/C8H10O4/c1-2-6(9)4-3-5-7(10)8(11)12/h3-5,10H,2H2,1H3,(H,11,12)/b4-3+,7-5-. The molecule has 0 aromatic heterocycles. The Labute approximate surface area is 69.8 Å². The first-order valence-corrected chi connectivity index (χ1v) is 3.41. The molecule has 4 heteroatoms. The number of rotatable bonds is 4. The van der Waals surface area contributed by atoms with E-state index in [-0.39, 0.29) is 5.78 Å². The van der Waals surface area contributed by atoms with E-state index in [4.69, 9.17) is 10.2 Å². The molecule has 0 radical (unpaired) electrons. The number of carbonyl (C=O) groups excluding carboxylic acids is 1. The highest BCUT2D eigenvalue weighted by molar-refractivity contribution is 5.90. The average Bonchev–Trinajstić information content (AvgIpc) is 2.03. The van der Waals surface area contributed by atoms with Gasteiger partial charge in [-0.2, -0.15) is 0 Å². The number of ketones is 1. The van der Waals surface area contributed by atoms with Crippen LogP contribution in [0.5, 0.6) is 0 Å². The Hall–Kier alpha value is -1.58. The molecule has 0 aliphatic carbocycles. The molecule has 0 atom stereocenters. The molecule has 0 saturated heterocycles. The minimum Gasteiger partial charge on any atom is -0.502 e. The Morgan fingerprint density at radius 2 is 1.92 bits per heavy atom. The molecule has 2 N–H and O–H groups in total. The molecule has 0 unspecified atom stereocenters. The highest BCUT2D eigenvalue weighted by Crippen LogP contribution is 1.90. The molecule has 0 aromatic rings. The zero-order chi connectivity index (χ0) is 9.56. The maximum absolute atomic E-state index is 10.6. The van der Waals surface area contributed by atoms with Crippen molar-refractivity contribution in [2.24, 2.45) is 0 Å². The van der Waals surface area contributed by atoms with Gasteiger partial charge in [-0.1, -0.05) is 13.0 Å². The molecule has 0 heterocycles. The molecule has 0 fully saturated rings. The van der Waals surface area contributed by atoms with Crippen LogP contribution in [0, 0.1) is 0 Å². The largest absolute Gasteiger partial charge is 0.502 e. The number of aliphatic hydroxyl groups excluding tert-OH is 1. The lowest BCUT2D eigenvalue weighted by Crippen LogP contribution is -1.97. The van der Waals surface area contributed by atoms with Gasteiger partial charge < -0.3 is 10.2 Å². The third kappa shape index (κ3) is 4.27. The Bertz CT molecular complexity index is 237. The van der Waals surface area contributed by atoms with Gasteiger partial charge >= 0.3 is 5.97 Å². The molecular weight excluding hydrogens is 160 g/mol. The molecule has 0 aromatic carbocycles. The quantitative estimate of drug-likeness (QED) is 0.375. The summed E-state index contributed by atoms with van der Waals surface area (Å²) in [7, 11) is 0. The van der Waals surface area contributed by atoms with Crippen LogP contribution < -0.4 is 0 Å². The summed E-state index contributed by atoms with van der Waals surface area (Å²) >= 11 is 0. The Kier molecular flexibility index (Phi) is 4.45. The monoisotopic (exact) mass is 170 g/mol. The molecular formula is C8H10O4. The van der Waals surface area contributed by atoms with E-state index in [1.807, 2.05) is 0 Å². The minimum atomic E-state index is -1.41. The second-order valence-corrected chi connectivity index (χ2v) is 2.04. The van der Waals surface area contributed by atoms with Gasteiger partial charge in [0.2, 0.25) is 5.76 Å². The maximum Gasteiger partial charge on any atom is 0.370 e. The molecule has 0 aliphatic heterocycles. The third-order valence-electron chi connectivity index (χ3n) is 1.10. The molecule has 0 amide bonds. The number of carbonyl (C=O) groups is 2. The summed E-state index contributed by atoms with van der Waals surface area (Å²) in [6.45, 7) is 1.69. The van der Waals surface area contributed by atoms with Crippen LogP contribution >= 0.6 is 0 Å². The third-order valence-corrected chi connectivity index (χ3v) is 1.10. The summed E-state index contributed by atoms with van der Waals surface area (Å²) in [5.41, 5.74) is 0. The van der Waals surface area contributed by atoms with Gasteiger partial charge in [-0.25, -0.2) is 4.79 Å². The van der Waals surface area contributed by atoms with Crippen molar-refractivity contribution in [3.8, 4) is 0 Å². The van der Waals surface area contributed by atoms with Gasteiger partial charge in [-0.15, -0.1) is 0 Å². The SMILES string of the molecule is CCC(=O)/C=C/C=C(\O)C(=O)O. The van der Waals surface area contributed by atoms with Crippen LogP contribution in [0.3, 0.4) is 0 Å². The Morgan fingerprint density at radius 3 is 2.33 bits per heavy atom. The van der Waals surface area contributed by atoms with Crippen molar-refractivity contribution in [2.75, 3.05) is 0 Å². The van der Waals surface area contributed by atoms with E-state index in [0.29, 0.717) is 6.42 Å². The van der Waals surface area contributed by atoms with Crippen molar-refractivity contribution >= 4 is 11.8 Å². The van der Waals surface area contributed by atoms with Crippen LogP contribution in [0.2, 0.25) is 0 Å². The maximum atomic E-state index is 10.6. The summed E-state index contributed by atoms with van der Waals surface area (Å²) in [4.78, 5) is 20.6. The Morgan fingerprint density at radius 1 is 1.33 bits per heavy atom. The van der Waals surface area contributed by atoms with Crippen molar-refractivity contribution < 1.29 is 19.8 Å². The number of carboxylic acids is 1. The molecule has 0 aliphatic rings. The van der Waals surface area contributed by atoms with Crippen LogP contribution in [-0.4, -0.2) is 22.0 Å². The van der Waals surface area contributed by atoms with Gasteiger partial charge in [0.25, 0.3) is 0 Å². The Balaban J connectivity index is 4.12. The molecule has 0 bridgehead atoms. The van der Waals surface area contributed by atoms with Crippen LogP contribution in [0.15, 0.2) is 24.0 Å². The van der Waals surface area contributed by atoms with E-state index in [1.165, 1.54) is 12.2 Å². The fourth-order valence-electron chi connectivity index (χ4n) is 0.436. The topological polar surface area (TPSA) is 74.6 Å².